The lowest BCUT2D eigenvalue weighted by atomic mass is 9.93. The largest absolute Gasteiger partial charge is 0.369 e. The van der Waals surface area contributed by atoms with E-state index in [0.717, 1.165) is 51.4 Å². The number of nitrogens with one attached hydrogen (secondary N) is 1. The van der Waals surface area contributed by atoms with E-state index in [1.807, 2.05) is 35.0 Å². The molecule has 0 saturated carbocycles. The Hall–Kier alpha value is -2.76. The number of hydrogen-bond acceptors (Lipinski definition) is 5. The zero-order valence-electron chi connectivity index (χ0n) is 19.4. The summed E-state index contributed by atoms with van der Waals surface area (Å²) in [5.41, 5.74) is 4.96. The van der Waals surface area contributed by atoms with Gasteiger partial charge in [0, 0.05) is 35.0 Å². The number of morpholine rings is 1. The molecule has 4 heterocycles. The minimum atomic E-state index is -0.198. The molecule has 1 aliphatic rings. The molecule has 1 atom stereocenters. The number of nitrogens with zero attached hydrogens (tertiary/aromatic N) is 4. The van der Waals surface area contributed by atoms with Gasteiger partial charge in [0.15, 0.2) is 0 Å². The summed E-state index contributed by atoms with van der Waals surface area (Å²) in [4.78, 5) is 14.0. The average Bonchev–Trinajstić information content (AvgIpc) is 3.40. The van der Waals surface area contributed by atoms with Crippen LogP contribution in [-0.2, 0) is 17.7 Å². The van der Waals surface area contributed by atoms with Crippen LogP contribution < -0.4 is 5.32 Å². The van der Waals surface area contributed by atoms with Crippen molar-refractivity contribution >= 4 is 39.0 Å². The second kappa shape index (κ2) is 9.12. The Bertz CT molecular complexity index is 1400. The molecule has 0 bridgehead atoms. The molecular formula is C26H26ClN5OS. The maximum Gasteiger partial charge on any atom is 0.230 e. The van der Waals surface area contributed by atoms with Crippen LogP contribution in [0.5, 0.6) is 0 Å². The highest BCUT2D eigenvalue weighted by atomic mass is 35.5. The number of aromatic nitrogens is 3. The summed E-state index contributed by atoms with van der Waals surface area (Å²) < 4.78 is 9.35. The molecule has 1 saturated heterocycles. The van der Waals surface area contributed by atoms with Crippen LogP contribution in [0.15, 0.2) is 42.9 Å². The van der Waals surface area contributed by atoms with Crippen LogP contribution >= 0.6 is 22.9 Å². The molecule has 4 aromatic rings. The molecule has 3 aromatic heterocycles. The summed E-state index contributed by atoms with van der Waals surface area (Å²) >= 11 is 8.20. The first kappa shape index (κ1) is 23.0. The van der Waals surface area contributed by atoms with Crippen molar-refractivity contribution in [1.29, 1.82) is 0 Å². The van der Waals surface area contributed by atoms with Gasteiger partial charge in [-0.05, 0) is 62.2 Å². The molecule has 174 valence electrons. The number of ether oxygens (including phenoxy) is 1. The highest BCUT2D eigenvalue weighted by Gasteiger charge is 2.29. The monoisotopic (exact) mass is 491 g/mol. The molecule has 5 rings (SSSR count). The normalized spacial score (nSPS) is 17.7. The van der Waals surface area contributed by atoms with Gasteiger partial charge in [0.2, 0.25) is 5.82 Å². The van der Waals surface area contributed by atoms with Crippen molar-refractivity contribution < 1.29 is 4.74 Å². The third-order valence-electron chi connectivity index (χ3n) is 6.14. The van der Waals surface area contributed by atoms with Crippen molar-refractivity contribution in [2.75, 3.05) is 13.1 Å². The highest BCUT2D eigenvalue weighted by Crippen LogP contribution is 2.38. The number of hydrogen-bond donors (Lipinski definition) is 1. The Morgan fingerprint density at radius 3 is 2.97 bits per heavy atom. The zero-order chi connectivity index (χ0) is 23.9. The fourth-order valence-electron chi connectivity index (χ4n) is 4.65. The van der Waals surface area contributed by atoms with E-state index in [1.54, 1.807) is 17.7 Å². The van der Waals surface area contributed by atoms with Crippen molar-refractivity contribution in [3.63, 3.8) is 0 Å². The summed E-state index contributed by atoms with van der Waals surface area (Å²) in [6, 6.07) is 9.84. The Balaban J connectivity index is 1.55. The van der Waals surface area contributed by atoms with E-state index >= 15 is 0 Å². The average molecular weight is 492 g/mol. The minimum Gasteiger partial charge on any atom is -0.369 e. The molecule has 1 fully saturated rings. The van der Waals surface area contributed by atoms with Crippen LogP contribution in [0, 0.1) is 13.5 Å². The van der Waals surface area contributed by atoms with Gasteiger partial charge in [-0.15, -0.1) is 11.3 Å². The predicted octanol–water partition coefficient (Wildman–Crippen LogP) is 6.03. The van der Waals surface area contributed by atoms with Crippen molar-refractivity contribution in [3.8, 4) is 11.3 Å². The summed E-state index contributed by atoms with van der Waals surface area (Å²) in [5, 5.41) is 4.19. The first-order chi connectivity index (χ1) is 16.3. The van der Waals surface area contributed by atoms with Crippen molar-refractivity contribution in [2.24, 2.45) is 0 Å². The molecular weight excluding hydrogens is 466 g/mol. The third-order valence-corrected chi connectivity index (χ3v) is 7.48. The lowest BCUT2D eigenvalue weighted by molar-refractivity contribution is -0.0928. The molecule has 34 heavy (non-hydrogen) atoms. The number of fused-ring (bicyclic) bond motifs is 1. The summed E-state index contributed by atoms with van der Waals surface area (Å²) in [5.74, 6) is 0.625. The van der Waals surface area contributed by atoms with E-state index in [9.17, 15) is 0 Å². The maximum atomic E-state index is 7.37. The summed E-state index contributed by atoms with van der Waals surface area (Å²) in [6.45, 7) is 16.0. The molecule has 0 spiro atoms. The highest BCUT2D eigenvalue weighted by molar-refractivity contribution is 7.19. The van der Waals surface area contributed by atoms with Gasteiger partial charge in [-0.1, -0.05) is 18.2 Å². The van der Waals surface area contributed by atoms with Gasteiger partial charge < -0.3 is 14.9 Å². The summed E-state index contributed by atoms with van der Waals surface area (Å²) in [7, 11) is 0. The van der Waals surface area contributed by atoms with E-state index in [-0.39, 0.29) is 11.7 Å². The number of halogens is 1. The number of thiophene rings is 1. The van der Waals surface area contributed by atoms with E-state index < -0.39 is 0 Å². The lowest BCUT2D eigenvalue weighted by Gasteiger charge is -2.37. The first-order valence-electron chi connectivity index (χ1n) is 11.3. The number of benzene rings is 1. The van der Waals surface area contributed by atoms with Gasteiger partial charge in [0.25, 0.3) is 0 Å². The Morgan fingerprint density at radius 2 is 2.18 bits per heavy atom. The van der Waals surface area contributed by atoms with Gasteiger partial charge in [-0.2, -0.15) is 0 Å². The predicted molar refractivity (Wildman–Crippen MR) is 138 cm³/mol. The molecule has 0 unspecified atom stereocenters. The van der Waals surface area contributed by atoms with Gasteiger partial charge in [0.1, 0.15) is 12.9 Å². The molecule has 8 heteroatoms. The van der Waals surface area contributed by atoms with Crippen LogP contribution in [0.2, 0.25) is 5.02 Å². The molecule has 1 aliphatic heterocycles. The van der Waals surface area contributed by atoms with Crippen molar-refractivity contribution in [2.45, 2.75) is 45.4 Å². The first-order valence-corrected chi connectivity index (χ1v) is 12.5. The minimum absolute atomic E-state index is 0.0689. The molecule has 0 radical (unpaired) electrons. The standard InChI is InChI=1S/C26H26ClN5OS/c1-16-8-17(27)9-21(20(16)10-18-12-29-14-26(2,3)33-18)24-25-22(30-15-31-24)11-19(34-25)13-32-7-5-6-23(32)28-4/h5-9,11,15,18,29H,10,12-14H2,1-3H3/t18-/m1/s1. The topological polar surface area (TPSA) is 56.3 Å². The Labute approximate surface area is 208 Å². The van der Waals surface area contributed by atoms with Gasteiger partial charge in [0.05, 0.1) is 33.8 Å². The van der Waals surface area contributed by atoms with Crippen LogP contribution in [0.4, 0.5) is 5.82 Å². The SMILES string of the molecule is [C-]#[N+]c1cccn1Cc1cc2ncnc(-c3cc(Cl)cc(C)c3C[C@@H]3CNCC(C)(C)O3)c2s1. The summed E-state index contributed by atoms with van der Waals surface area (Å²) in [6.07, 6.45) is 4.40. The van der Waals surface area contributed by atoms with E-state index in [0.29, 0.717) is 17.4 Å². The van der Waals surface area contributed by atoms with Crippen LogP contribution in [0.1, 0.15) is 29.9 Å². The number of rotatable bonds is 5. The second-order valence-electron chi connectivity index (χ2n) is 9.34. The molecule has 1 aromatic carbocycles. The fourth-order valence-corrected chi connectivity index (χ4v) is 6.03. The lowest BCUT2D eigenvalue weighted by Crippen LogP contribution is -2.51. The van der Waals surface area contributed by atoms with Crippen LogP contribution in [0.25, 0.3) is 26.3 Å². The van der Waals surface area contributed by atoms with Crippen molar-refractivity contribution in [1.82, 2.24) is 19.9 Å². The van der Waals surface area contributed by atoms with E-state index in [4.69, 9.17) is 27.9 Å². The van der Waals surface area contributed by atoms with E-state index in [1.165, 1.54) is 5.56 Å². The van der Waals surface area contributed by atoms with E-state index in [2.05, 4.69) is 42.0 Å². The molecule has 1 N–H and O–H groups in total. The van der Waals surface area contributed by atoms with Crippen molar-refractivity contribution in [3.05, 3.63) is 75.3 Å². The maximum absolute atomic E-state index is 7.37. The zero-order valence-corrected chi connectivity index (χ0v) is 21.0. The third kappa shape index (κ3) is 4.59. The Kier molecular flexibility index (Phi) is 6.17. The fraction of sp³-hybridized carbons (Fsp3) is 0.346. The molecule has 6 nitrogen and oxygen atoms in total. The molecule has 0 aliphatic carbocycles. The quantitative estimate of drug-likeness (QED) is 0.346. The van der Waals surface area contributed by atoms with Crippen LogP contribution in [0.3, 0.4) is 0 Å². The van der Waals surface area contributed by atoms with Gasteiger partial charge in [-0.25, -0.2) is 9.97 Å². The molecule has 0 amide bonds. The van der Waals surface area contributed by atoms with Gasteiger partial charge >= 0.3 is 0 Å². The number of aryl methyl sites for hydroxylation is 1. The second-order valence-corrected chi connectivity index (χ2v) is 10.9. The van der Waals surface area contributed by atoms with Gasteiger partial charge in [-0.3, -0.25) is 4.57 Å². The smallest absolute Gasteiger partial charge is 0.230 e. The van der Waals surface area contributed by atoms with Crippen LogP contribution in [-0.4, -0.2) is 39.3 Å². The Morgan fingerprint density at radius 1 is 1.32 bits per heavy atom.